The number of carbonyl (C=O) groups is 1. The first-order chi connectivity index (χ1) is 15.2. The molecule has 32 heavy (non-hydrogen) atoms. The summed E-state index contributed by atoms with van der Waals surface area (Å²) in [4.78, 5) is 15.2. The summed E-state index contributed by atoms with van der Waals surface area (Å²) in [6, 6.07) is 15.8. The average molecular weight is 432 g/mol. The lowest BCUT2D eigenvalue weighted by Gasteiger charge is -2.50. The van der Waals surface area contributed by atoms with Crippen LogP contribution in [0, 0.1) is 11.3 Å². The number of anilines is 2. The summed E-state index contributed by atoms with van der Waals surface area (Å²) < 4.78 is 5.42. The van der Waals surface area contributed by atoms with Crippen molar-refractivity contribution in [2.24, 2.45) is 0 Å². The van der Waals surface area contributed by atoms with Crippen LogP contribution in [0.5, 0.6) is 5.75 Å². The highest BCUT2D eigenvalue weighted by molar-refractivity contribution is 6.09. The lowest BCUT2D eigenvalue weighted by atomic mass is 9.79. The molecule has 1 aliphatic rings. The third kappa shape index (κ3) is 4.96. The zero-order valence-corrected chi connectivity index (χ0v) is 19.9. The van der Waals surface area contributed by atoms with Crippen LogP contribution < -0.4 is 15.0 Å². The Hall–Kier alpha value is -3.26. The van der Waals surface area contributed by atoms with Crippen molar-refractivity contribution in [1.82, 2.24) is 0 Å². The van der Waals surface area contributed by atoms with E-state index in [0.717, 1.165) is 17.7 Å². The minimum Gasteiger partial charge on any atom is -0.494 e. The van der Waals surface area contributed by atoms with Gasteiger partial charge in [-0.2, -0.15) is 5.26 Å². The van der Waals surface area contributed by atoms with Crippen LogP contribution >= 0.6 is 0 Å². The number of hydrogen-bond donors (Lipinski definition) is 1. The summed E-state index contributed by atoms with van der Waals surface area (Å²) in [6.45, 7) is 13.8. The van der Waals surface area contributed by atoms with Gasteiger partial charge in [0.1, 0.15) is 17.4 Å². The van der Waals surface area contributed by atoms with Crippen molar-refractivity contribution < 1.29 is 9.53 Å². The molecular weight excluding hydrogens is 398 g/mol. The van der Waals surface area contributed by atoms with E-state index < -0.39 is 5.91 Å². The van der Waals surface area contributed by atoms with Crippen LogP contribution in [-0.4, -0.2) is 24.1 Å². The van der Waals surface area contributed by atoms with Gasteiger partial charge in [0.05, 0.1) is 6.61 Å². The summed E-state index contributed by atoms with van der Waals surface area (Å²) in [6.07, 6.45) is 2.71. The van der Waals surface area contributed by atoms with Gasteiger partial charge in [0, 0.05) is 23.0 Å². The maximum atomic E-state index is 12.7. The normalized spacial score (nSPS) is 17.5. The predicted octanol–water partition coefficient (Wildman–Crippen LogP) is 6.13. The maximum Gasteiger partial charge on any atom is 0.266 e. The number of carbonyl (C=O) groups excluding carboxylic acids is 1. The van der Waals surface area contributed by atoms with E-state index in [9.17, 15) is 10.1 Å². The Bertz CT molecular complexity index is 1050. The second-order valence-corrected chi connectivity index (χ2v) is 9.28. The highest BCUT2D eigenvalue weighted by Gasteiger charge is 2.37. The fraction of sp³-hybridized carbons (Fsp3) is 0.407. The number of nitrogens with zero attached hydrogens (tertiary/aromatic N) is 2. The molecule has 5 heteroatoms. The molecule has 0 saturated heterocycles. The van der Waals surface area contributed by atoms with Gasteiger partial charge in [-0.3, -0.25) is 4.79 Å². The Morgan fingerprint density at radius 1 is 1.28 bits per heavy atom. The number of nitrogens with one attached hydrogen (secondary N) is 1. The molecule has 0 radical (unpaired) electrons. The first-order valence-electron chi connectivity index (χ1n) is 11.3. The molecule has 0 bridgehead atoms. The first kappa shape index (κ1) is 23.4. The zero-order valence-electron chi connectivity index (χ0n) is 19.9. The molecule has 1 N–H and O–H groups in total. The maximum absolute atomic E-state index is 12.7. The highest BCUT2D eigenvalue weighted by Crippen LogP contribution is 2.44. The van der Waals surface area contributed by atoms with Gasteiger partial charge in [-0.05, 0) is 101 Å². The van der Waals surface area contributed by atoms with Crippen LogP contribution in [0.25, 0.3) is 6.08 Å². The smallest absolute Gasteiger partial charge is 0.266 e. The molecule has 0 saturated carbocycles. The van der Waals surface area contributed by atoms with Crippen molar-refractivity contribution in [3.8, 4) is 11.8 Å². The number of hydrogen-bond acceptors (Lipinski definition) is 4. The Balaban J connectivity index is 1.86. The molecule has 1 aliphatic heterocycles. The van der Waals surface area contributed by atoms with Crippen LogP contribution in [0.1, 0.15) is 65.0 Å². The van der Waals surface area contributed by atoms with E-state index in [2.05, 4.69) is 57.0 Å². The Morgan fingerprint density at radius 3 is 2.56 bits per heavy atom. The summed E-state index contributed by atoms with van der Waals surface area (Å²) in [5, 5.41) is 12.4. The largest absolute Gasteiger partial charge is 0.494 e. The Morgan fingerprint density at radius 2 is 1.97 bits per heavy atom. The summed E-state index contributed by atoms with van der Waals surface area (Å²) >= 11 is 0. The van der Waals surface area contributed by atoms with Crippen LogP contribution in [0.15, 0.2) is 48.0 Å². The summed E-state index contributed by atoms with van der Waals surface area (Å²) in [5.74, 6) is 0.710. The van der Waals surface area contributed by atoms with E-state index in [4.69, 9.17) is 4.74 Å². The van der Waals surface area contributed by atoms with Gasteiger partial charge in [-0.25, -0.2) is 0 Å². The van der Waals surface area contributed by atoms with E-state index in [1.807, 2.05) is 19.1 Å². The monoisotopic (exact) mass is 431 g/mol. The molecular formula is C27H33N3O2. The van der Waals surface area contributed by atoms with Crippen LogP contribution in [0.2, 0.25) is 0 Å². The van der Waals surface area contributed by atoms with E-state index >= 15 is 0 Å². The number of amides is 1. The standard InChI is InChI=1S/C27H33N3O2/c1-7-32-23-11-9-22(10-12-23)29-26(31)21(17-28)14-20-8-13-25-24(15-20)19(4)16-27(5,6)30(25)18(2)3/h8-15,18-19H,7,16H2,1-6H3,(H,29,31)/b21-14-/t19-/m1/s1. The number of fused-ring (bicyclic) bond motifs is 1. The third-order valence-corrected chi connectivity index (χ3v) is 5.92. The molecule has 3 rings (SSSR count). The van der Waals surface area contributed by atoms with Gasteiger partial charge in [0.2, 0.25) is 0 Å². The van der Waals surface area contributed by atoms with Gasteiger partial charge in [-0.1, -0.05) is 13.0 Å². The number of rotatable bonds is 6. The van der Waals surface area contributed by atoms with Gasteiger partial charge in [-0.15, -0.1) is 0 Å². The van der Waals surface area contributed by atoms with Crippen molar-refractivity contribution in [3.63, 3.8) is 0 Å². The van der Waals surface area contributed by atoms with Gasteiger partial charge >= 0.3 is 0 Å². The number of nitriles is 1. The van der Waals surface area contributed by atoms with E-state index in [-0.39, 0.29) is 11.1 Å². The molecule has 0 aromatic heterocycles. The molecule has 0 fully saturated rings. The summed E-state index contributed by atoms with van der Waals surface area (Å²) in [5.41, 5.74) is 4.12. The second kappa shape index (κ2) is 9.48. The SMILES string of the molecule is CCOc1ccc(NC(=O)/C(C#N)=C\c2ccc3c(c2)[C@H](C)CC(C)(C)N3C(C)C)cc1. The molecule has 1 amide bonds. The van der Waals surface area contributed by atoms with Crippen molar-refractivity contribution in [2.75, 3.05) is 16.8 Å². The predicted molar refractivity (Wildman–Crippen MR) is 131 cm³/mol. The van der Waals surface area contributed by atoms with Gasteiger partial charge < -0.3 is 15.0 Å². The zero-order chi connectivity index (χ0) is 23.5. The topological polar surface area (TPSA) is 65.4 Å². The second-order valence-electron chi connectivity index (χ2n) is 9.28. The Kier molecular flexibility index (Phi) is 6.93. The van der Waals surface area contributed by atoms with Crippen molar-refractivity contribution in [1.29, 1.82) is 5.26 Å². The molecule has 168 valence electrons. The minimum absolute atomic E-state index is 0.0725. The van der Waals surface area contributed by atoms with Crippen molar-refractivity contribution in [3.05, 3.63) is 59.2 Å². The molecule has 0 spiro atoms. The molecule has 1 heterocycles. The van der Waals surface area contributed by atoms with E-state index in [0.29, 0.717) is 24.3 Å². The quantitative estimate of drug-likeness (QED) is 0.441. The number of ether oxygens (including phenoxy) is 1. The lowest BCUT2D eigenvalue weighted by molar-refractivity contribution is -0.112. The van der Waals surface area contributed by atoms with Gasteiger partial charge in [0.15, 0.2) is 0 Å². The first-order valence-corrected chi connectivity index (χ1v) is 11.3. The molecule has 0 unspecified atom stereocenters. The number of benzene rings is 2. The van der Waals surface area contributed by atoms with Crippen molar-refractivity contribution in [2.45, 2.75) is 65.5 Å². The molecule has 1 atom stereocenters. The minimum atomic E-state index is -0.424. The van der Waals surface area contributed by atoms with Crippen LogP contribution in [0.4, 0.5) is 11.4 Å². The van der Waals surface area contributed by atoms with Crippen LogP contribution in [-0.2, 0) is 4.79 Å². The molecule has 0 aliphatic carbocycles. The highest BCUT2D eigenvalue weighted by atomic mass is 16.5. The Labute approximate surface area is 191 Å². The van der Waals surface area contributed by atoms with Crippen molar-refractivity contribution >= 4 is 23.4 Å². The molecule has 5 nitrogen and oxygen atoms in total. The van der Waals surface area contributed by atoms with E-state index in [1.54, 1.807) is 30.3 Å². The van der Waals surface area contributed by atoms with E-state index in [1.165, 1.54) is 11.3 Å². The third-order valence-electron chi connectivity index (χ3n) is 5.92. The molecule has 2 aromatic rings. The van der Waals surface area contributed by atoms with Crippen LogP contribution in [0.3, 0.4) is 0 Å². The molecule has 2 aromatic carbocycles. The summed E-state index contributed by atoms with van der Waals surface area (Å²) in [7, 11) is 0. The van der Waals surface area contributed by atoms with Gasteiger partial charge in [0.25, 0.3) is 5.91 Å². The average Bonchev–Trinajstić information content (AvgIpc) is 2.73. The fourth-order valence-electron chi connectivity index (χ4n) is 4.85. The lowest BCUT2D eigenvalue weighted by Crippen LogP contribution is -2.51. The fourth-order valence-corrected chi connectivity index (χ4v) is 4.85.